The van der Waals surface area contributed by atoms with E-state index in [1.807, 2.05) is 12.1 Å². The Labute approximate surface area is 72.0 Å². The summed E-state index contributed by atoms with van der Waals surface area (Å²) < 4.78 is 0. The molecular weight excluding hydrogens is 152 g/mol. The first kappa shape index (κ1) is 8.71. The lowest BCUT2D eigenvalue weighted by Gasteiger charge is -2.09. The predicted octanol–water partition coefficient (Wildman–Crippen LogP) is 0.712. The average molecular weight is 164 g/mol. The van der Waals surface area contributed by atoms with Crippen LogP contribution in [0.5, 0.6) is 0 Å². The van der Waals surface area contributed by atoms with Gasteiger partial charge in [-0.2, -0.15) is 0 Å². The normalized spacial score (nSPS) is 9.50. The molecule has 0 atom stereocenters. The zero-order valence-electron chi connectivity index (χ0n) is 7.32. The van der Waals surface area contributed by atoms with Crippen molar-refractivity contribution in [2.75, 3.05) is 14.1 Å². The molecule has 0 aliphatic carbocycles. The van der Waals surface area contributed by atoms with Crippen LogP contribution in [-0.2, 0) is 11.2 Å². The van der Waals surface area contributed by atoms with Gasteiger partial charge < -0.3 is 4.90 Å². The van der Waals surface area contributed by atoms with Gasteiger partial charge in [-0.1, -0.05) is 0 Å². The minimum absolute atomic E-state index is 0.112. The molecule has 0 aromatic carbocycles. The molecule has 3 heteroatoms. The van der Waals surface area contributed by atoms with Crippen LogP contribution in [-0.4, -0.2) is 29.9 Å². The van der Waals surface area contributed by atoms with Crippen molar-refractivity contribution in [2.45, 2.75) is 6.42 Å². The van der Waals surface area contributed by atoms with Gasteiger partial charge in [0, 0.05) is 26.5 Å². The zero-order valence-corrected chi connectivity index (χ0v) is 7.32. The number of aromatic nitrogens is 1. The van der Waals surface area contributed by atoms with Gasteiger partial charge in [-0.05, 0) is 17.7 Å². The van der Waals surface area contributed by atoms with E-state index >= 15 is 0 Å². The first-order valence-electron chi connectivity index (χ1n) is 3.79. The van der Waals surface area contributed by atoms with Crippen molar-refractivity contribution in [2.24, 2.45) is 0 Å². The minimum Gasteiger partial charge on any atom is -0.349 e. The highest BCUT2D eigenvalue weighted by Crippen LogP contribution is 1.98. The Balaban J connectivity index is 2.59. The summed E-state index contributed by atoms with van der Waals surface area (Å²) in [5.41, 5.74) is 1.00. The summed E-state index contributed by atoms with van der Waals surface area (Å²) in [6.07, 6.45) is 3.84. The lowest BCUT2D eigenvalue weighted by atomic mass is 10.2. The van der Waals surface area contributed by atoms with E-state index < -0.39 is 0 Å². The van der Waals surface area contributed by atoms with Crippen LogP contribution in [0.2, 0.25) is 0 Å². The fraction of sp³-hybridized carbons (Fsp3) is 0.333. The minimum atomic E-state index is 0.112. The Morgan fingerprint density at radius 3 is 2.50 bits per heavy atom. The number of carbonyl (C=O) groups excluding carboxylic acids is 1. The monoisotopic (exact) mass is 164 g/mol. The topological polar surface area (TPSA) is 33.2 Å². The van der Waals surface area contributed by atoms with Gasteiger partial charge in [-0.15, -0.1) is 0 Å². The maximum atomic E-state index is 11.2. The quantitative estimate of drug-likeness (QED) is 0.645. The molecule has 0 spiro atoms. The molecule has 0 bridgehead atoms. The van der Waals surface area contributed by atoms with E-state index in [0.717, 1.165) is 5.56 Å². The van der Waals surface area contributed by atoms with Crippen LogP contribution in [0.1, 0.15) is 5.56 Å². The molecule has 0 radical (unpaired) electrons. The maximum absolute atomic E-state index is 11.2. The van der Waals surface area contributed by atoms with Crippen molar-refractivity contribution in [3.8, 4) is 0 Å². The SMILES string of the molecule is CN(C)C(=O)Cc1ccncc1. The highest BCUT2D eigenvalue weighted by Gasteiger charge is 2.03. The number of pyridine rings is 1. The van der Waals surface area contributed by atoms with E-state index in [2.05, 4.69) is 4.98 Å². The summed E-state index contributed by atoms with van der Waals surface area (Å²) in [5, 5.41) is 0. The zero-order chi connectivity index (χ0) is 8.97. The molecule has 1 rings (SSSR count). The van der Waals surface area contributed by atoms with Crippen molar-refractivity contribution in [1.29, 1.82) is 0 Å². The lowest BCUT2D eigenvalue weighted by molar-refractivity contribution is -0.127. The van der Waals surface area contributed by atoms with Crippen LogP contribution in [0.4, 0.5) is 0 Å². The van der Waals surface area contributed by atoms with E-state index in [1.54, 1.807) is 31.4 Å². The molecule has 0 unspecified atom stereocenters. The van der Waals surface area contributed by atoms with Crippen LogP contribution < -0.4 is 0 Å². The summed E-state index contributed by atoms with van der Waals surface area (Å²) in [6.45, 7) is 0. The molecule has 0 saturated carbocycles. The third-order valence-corrected chi connectivity index (χ3v) is 1.60. The molecule has 1 amide bonds. The molecule has 0 aliphatic rings. The summed E-state index contributed by atoms with van der Waals surface area (Å²) >= 11 is 0. The number of carbonyl (C=O) groups is 1. The molecule has 1 aromatic rings. The number of likely N-dealkylation sites (N-methyl/N-ethyl adjacent to an activating group) is 1. The number of hydrogen-bond donors (Lipinski definition) is 0. The molecule has 0 fully saturated rings. The molecule has 1 aromatic heterocycles. The first-order valence-corrected chi connectivity index (χ1v) is 3.79. The van der Waals surface area contributed by atoms with Crippen molar-refractivity contribution in [3.63, 3.8) is 0 Å². The Bertz CT molecular complexity index is 256. The molecular formula is C9H12N2O. The largest absolute Gasteiger partial charge is 0.349 e. The van der Waals surface area contributed by atoms with Crippen molar-refractivity contribution in [1.82, 2.24) is 9.88 Å². The summed E-state index contributed by atoms with van der Waals surface area (Å²) in [5.74, 6) is 0.112. The van der Waals surface area contributed by atoms with Crippen LogP contribution in [0.15, 0.2) is 24.5 Å². The molecule has 1 heterocycles. The molecule has 64 valence electrons. The molecule has 3 nitrogen and oxygen atoms in total. The Morgan fingerprint density at radius 1 is 1.42 bits per heavy atom. The molecule has 12 heavy (non-hydrogen) atoms. The number of rotatable bonds is 2. The van der Waals surface area contributed by atoms with E-state index in [4.69, 9.17) is 0 Å². The summed E-state index contributed by atoms with van der Waals surface area (Å²) in [6, 6.07) is 3.70. The van der Waals surface area contributed by atoms with Gasteiger partial charge in [-0.3, -0.25) is 9.78 Å². The van der Waals surface area contributed by atoms with Gasteiger partial charge in [0.15, 0.2) is 0 Å². The average Bonchev–Trinajstić information content (AvgIpc) is 2.06. The molecule has 0 N–H and O–H groups in total. The van der Waals surface area contributed by atoms with Gasteiger partial charge >= 0.3 is 0 Å². The van der Waals surface area contributed by atoms with E-state index in [9.17, 15) is 4.79 Å². The number of amides is 1. The van der Waals surface area contributed by atoms with Gasteiger partial charge in [0.05, 0.1) is 6.42 Å². The van der Waals surface area contributed by atoms with Crippen molar-refractivity contribution < 1.29 is 4.79 Å². The maximum Gasteiger partial charge on any atom is 0.226 e. The van der Waals surface area contributed by atoms with Gasteiger partial charge in [0.1, 0.15) is 0 Å². The van der Waals surface area contributed by atoms with Crippen LogP contribution in [0, 0.1) is 0 Å². The van der Waals surface area contributed by atoms with Gasteiger partial charge in [0.2, 0.25) is 5.91 Å². The predicted molar refractivity (Wildman–Crippen MR) is 46.6 cm³/mol. The number of nitrogens with zero attached hydrogens (tertiary/aromatic N) is 2. The van der Waals surface area contributed by atoms with E-state index in [-0.39, 0.29) is 5.91 Å². The smallest absolute Gasteiger partial charge is 0.226 e. The summed E-state index contributed by atoms with van der Waals surface area (Å²) in [7, 11) is 3.51. The van der Waals surface area contributed by atoms with Gasteiger partial charge in [-0.25, -0.2) is 0 Å². The third kappa shape index (κ3) is 2.34. The lowest BCUT2D eigenvalue weighted by Crippen LogP contribution is -2.23. The van der Waals surface area contributed by atoms with Gasteiger partial charge in [0.25, 0.3) is 0 Å². The van der Waals surface area contributed by atoms with E-state index in [0.29, 0.717) is 6.42 Å². The highest BCUT2D eigenvalue weighted by molar-refractivity contribution is 5.78. The fourth-order valence-electron chi connectivity index (χ4n) is 0.833. The second-order valence-corrected chi connectivity index (χ2v) is 2.82. The second-order valence-electron chi connectivity index (χ2n) is 2.82. The first-order chi connectivity index (χ1) is 5.70. The Kier molecular flexibility index (Phi) is 2.80. The molecule has 0 saturated heterocycles. The highest BCUT2D eigenvalue weighted by atomic mass is 16.2. The van der Waals surface area contributed by atoms with Crippen molar-refractivity contribution >= 4 is 5.91 Å². The van der Waals surface area contributed by atoms with Crippen LogP contribution in [0.25, 0.3) is 0 Å². The fourth-order valence-corrected chi connectivity index (χ4v) is 0.833. The standard InChI is InChI=1S/C9H12N2O/c1-11(2)9(12)7-8-3-5-10-6-4-8/h3-6H,7H2,1-2H3. The van der Waals surface area contributed by atoms with Crippen molar-refractivity contribution in [3.05, 3.63) is 30.1 Å². The van der Waals surface area contributed by atoms with Crippen LogP contribution >= 0.6 is 0 Å². The van der Waals surface area contributed by atoms with E-state index in [1.165, 1.54) is 0 Å². The number of hydrogen-bond acceptors (Lipinski definition) is 2. The summed E-state index contributed by atoms with van der Waals surface area (Å²) in [4.78, 5) is 16.7. The molecule has 0 aliphatic heterocycles. The Hall–Kier alpha value is -1.38. The van der Waals surface area contributed by atoms with Crippen LogP contribution in [0.3, 0.4) is 0 Å². The Morgan fingerprint density at radius 2 is 2.00 bits per heavy atom. The second kappa shape index (κ2) is 3.85. The third-order valence-electron chi connectivity index (χ3n) is 1.60.